The van der Waals surface area contributed by atoms with Gasteiger partial charge in [-0.25, -0.2) is 9.55 Å². The summed E-state index contributed by atoms with van der Waals surface area (Å²) in [7, 11) is 1.57. The molecule has 0 saturated carbocycles. The molecule has 4 aromatic rings. The number of pyridine rings is 2. The highest BCUT2D eigenvalue weighted by atomic mass is 35.5. The maximum atomic E-state index is 11.0. The van der Waals surface area contributed by atoms with Gasteiger partial charge < -0.3 is 9.84 Å². The summed E-state index contributed by atoms with van der Waals surface area (Å²) in [5, 5.41) is 20.2. The second kappa shape index (κ2) is 7.32. The van der Waals surface area contributed by atoms with Crippen LogP contribution in [0.15, 0.2) is 67.0 Å². The van der Waals surface area contributed by atoms with E-state index >= 15 is 0 Å². The highest BCUT2D eigenvalue weighted by Gasteiger charge is 2.24. The Balaban J connectivity index is 2.02. The molecule has 2 N–H and O–H groups in total. The van der Waals surface area contributed by atoms with Crippen molar-refractivity contribution < 1.29 is 14.2 Å². The predicted molar refractivity (Wildman–Crippen MR) is 105 cm³/mol. The molecule has 0 aliphatic carbocycles. The summed E-state index contributed by atoms with van der Waals surface area (Å²) < 4.78 is 8.92. The van der Waals surface area contributed by atoms with Crippen LogP contribution < -0.4 is 14.6 Å². The van der Waals surface area contributed by atoms with Crippen molar-refractivity contribution >= 4 is 17.2 Å². The van der Waals surface area contributed by atoms with E-state index in [9.17, 15) is 5.11 Å². The second-order valence-corrected chi connectivity index (χ2v) is 6.64. The Morgan fingerprint density at radius 1 is 1.14 bits per heavy atom. The Hall–Kier alpha value is -3.38. The minimum absolute atomic E-state index is 0.0180. The van der Waals surface area contributed by atoms with Crippen LogP contribution in [0.5, 0.6) is 11.6 Å². The molecule has 7 heteroatoms. The monoisotopic (exact) mass is 393 g/mol. The van der Waals surface area contributed by atoms with Gasteiger partial charge in [0.05, 0.1) is 13.3 Å². The molecule has 0 saturated heterocycles. The molecule has 3 aromatic heterocycles. The average molecular weight is 394 g/mol. The standard InChI is InChI=1S/C21H17ClN4O2/c1-28-16-7-3-2-6-15(16)19-20(23)26(13-14-9-10-17(22)24-12-14)18-8-4-5-11-25(18)21(19)27/h2-12H,13H2,1H3,(H-,23,27)/p+1. The van der Waals surface area contributed by atoms with E-state index in [0.717, 1.165) is 5.56 Å². The van der Waals surface area contributed by atoms with E-state index in [2.05, 4.69) is 4.98 Å². The Morgan fingerprint density at radius 3 is 2.68 bits per heavy atom. The first-order valence-electron chi connectivity index (χ1n) is 8.64. The SMILES string of the molecule is COc1ccccc1-c1c(O)[n+]2ccccc2n(Cc2ccc(Cl)nc2)c1=N. The quantitative estimate of drug-likeness (QED) is 0.413. The van der Waals surface area contributed by atoms with Crippen LogP contribution in [0, 0.1) is 5.41 Å². The normalized spacial score (nSPS) is 10.9. The Kier molecular flexibility index (Phi) is 4.71. The smallest absolute Gasteiger partial charge is 0.301 e. The summed E-state index contributed by atoms with van der Waals surface area (Å²) in [6, 6.07) is 16.5. The lowest BCUT2D eigenvalue weighted by Crippen LogP contribution is -2.35. The summed E-state index contributed by atoms with van der Waals surface area (Å²) in [4.78, 5) is 4.13. The number of hydrogen-bond acceptors (Lipinski definition) is 4. The van der Waals surface area contributed by atoms with Gasteiger partial charge in [-0.15, -0.1) is 0 Å². The van der Waals surface area contributed by atoms with Crippen molar-refractivity contribution in [2.24, 2.45) is 0 Å². The first-order chi connectivity index (χ1) is 13.6. The van der Waals surface area contributed by atoms with E-state index in [0.29, 0.717) is 34.2 Å². The van der Waals surface area contributed by atoms with E-state index in [1.54, 1.807) is 30.0 Å². The number of ether oxygens (including phenoxy) is 1. The molecule has 4 rings (SSSR count). The average Bonchev–Trinajstić information content (AvgIpc) is 2.73. The van der Waals surface area contributed by atoms with Crippen LogP contribution in [-0.2, 0) is 6.54 Å². The van der Waals surface area contributed by atoms with Gasteiger partial charge in [0.2, 0.25) is 5.49 Å². The third kappa shape index (κ3) is 3.08. The molecule has 0 unspecified atom stereocenters. The van der Waals surface area contributed by atoms with Gasteiger partial charge in [0.15, 0.2) is 0 Å². The molecular weight excluding hydrogens is 376 g/mol. The second-order valence-electron chi connectivity index (χ2n) is 6.25. The number of halogens is 1. The first kappa shape index (κ1) is 18.0. The molecule has 0 aliphatic heterocycles. The zero-order chi connectivity index (χ0) is 19.7. The number of methoxy groups -OCH3 is 1. The number of benzene rings is 1. The van der Waals surface area contributed by atoms with E-state index < -0.39 is 0 Å². The summed E-state index contributed by atoms with van der Waals surface area (Å²) in [6.07, 6.45) is 3.45. The largest absolute Gasteiger partial charge is 0.496 e. The van der Waals surface area contributed by atoms with Crippen molar-refractivity contribution in [2.75, 3.05) is 7.11 Å². The lowest BCUT2D eigenvalue weighted by Gasteiger charge is -2.12. The predicted octanol–water partition coefficient (Wildman–Crippen LogP) is 3.18. The number of nitrogens with one attached hydrogen (secondary N) is 1. The fourth-order valence-electron chi connectivity index (χ4n) is 3.25. The molecular formula is C21H18ClN4O2+. The minimum atomic E-state index is -0.0180. The molecule has 0 aliphatic rings. The minimum Gasteiger partial charge on any atom is -0.496 e. The molecule has 0 bridgehead atoms. The number of aromatic nitrogens is 3. The van der Waals surface area contributed by atoms with Gasteiger partial charge in [0.25, 0.3) is 5.65 Å². The molecule has 0 atom stereocenters. The molecule has 3 heterocycles. The zero-order valence-electron chi connectivity index (χ0n) is 15.1. The molecule has 0 fully saturated rings. The van der Waals surface area contributed by atoms with Crippen LogP contribution in [0.3, 0.4) is 0 Å². The Labute approximate surface area is 166 Å². The maximum absolute atomic E-state index is 11.0. The van der Waals surface area contributed by atoms with Gasteiger partial charge in [-0.05, 0) is 18.2 Å². The van der Waals surface area contributed by atoms with Crippen molar-refractivity contribution in [2.45, 2.75) is 6.54 Å². The van der Waals surface area contributed by atoms with Crippen LogP contribution in [-0.4, -0.2) is 21.8 Å². The number of fused-ring (bicyclic) bond motifs is 1. The summed E-state index contributed by atoms with van der Waals surface area (Å²) in [6.45, 7) is 0.402. The third-order valence-corrected chi connectivity index (χ3v) is 4.80. The number of nitrogens with zero attached hydrogens (tertiary/aromatic N) is 3. The molecule has 0 amide bonds. The van der Waals surface area contributed by atoms with Crippen molar-refractivity contribution in [3.63, 3.8) is 0 Å². The fraction of sp³-hybridized carbons (Fsp3) is 0.0952. The lowest BCUT2D eigenvalue weighted by atomic mass is 10.1. The van der Waals surface area contributed by atoms with Gasteiger partial charge in [-0.1, -0.05) is 41.9 Å². The Bertz CT molecular complexity index is 1220. The van der Waals surface area contributed by atoms with Crippen LogP contribution in [0.4, 0.5) is 0 Å². The first-order valence-corrected chi connectivity index (χ1v) is 9.02. The highest BCUT2D eigenvalue weighted by Crippen LogP contribution is 2.31. The van der Waals surface area contributed by atoms with Crippen molar-refractivity contribution in [3.05, 3.63) is 83.2 Å². The molecule has 6 nitrogen and oxygen atoms in total. The van der Waals surface area contributed by atoms with Crippen LogP contribution in [0.25, 0.3) is 16.8 Å². The number of para-hydroxylation sites is 1. The number of aromatic hydroxyl groups is 1. The van der Waals surface area contributed by atoms with Gasteiger partial charge in [0, 0.05) is 23.4 Å². The van der Waals surface area contributed by atoms with E-state index in [1.807, 2.05) is 53.1 Å². The van der Waals surface area contributed by atoms with Crippen molar-refractivity contribution in [1.82, 2.24) is 9.55 Å². The molecule has 28 heavy (non-hydrogen) atoms. The fourth-order valence-corrected chi connectivity index (χ4v) is 3.36. The number of rotatable bonds is 4. The summed E-state index contributed by atoms with van der Waals surface area (Å²) in [5.41, 5.74) is 2.78. The summed E-state index contributed by atoms with van der Waals surface area (Å²) >= 11 is 5.89. The van der Waals surface area contributed by atoms with E-state index in [4.69, 9.17) is 21.7 Å². The summed E-state index contributed by atoms with van der Waals surface area (Å²) in [5.74, 6) is 0.567. The Morgan fingerprint density at radius 2 is 1.93 bits per heavy atom. The van der Waals surface area contributed by atoms with Crippen molar-refractivity contribution in [1.29, 1.82) is 5.41 Å². The highest BCUT2D eigenvalue weighted by molar-refractivity contribution is 6.29. The lowest BCUT2D eigenvalue weighted by molar-refractivity contribution is -0.526. The van der Waals surface area contributed by atoms with Gasteiger partial charge in [0.1, 0.15) is 23.0 Å². The van der Waals surface area contributed by atoms with Crippen LogP contribution >= 0.6 is 11.6 Å². The van der Waals surface area contributed by atoms with Gasteiger partial charge in [-0.2, -0.15) is 4.40 Å². The third-order valence-electron chi connectivity index (χ3n) is 4.58. The maximum Gasteiger partial charge on any atom is 0.301 e. The van der Waals surface area contributed by atoms with Crippen molar-refractivity contribution in [3.8, 4) is 22.8 Å². The van der Waals surface area contributed by atoms with E-state index in [1.165, 1.54) is 0 Å². The van der Waals surface area contributed by atoms with Crippen LogP contribution in [0.1, 0.15) is 5.56 Å². The van der Waals surface area contributed by atoms with Gasteiger partial charge in [-0.3, -0.25) is 5.41 Å². The van der Waals surface area contributed by atoms with Crippen LogP contribution in [0.2, 0.25) is 5.15 Å². The molecule has 1 aromatic carbocycles. The zero-order valence-corrected chi connectivity index (χ0v) is 15.9. The van der Waals surface area contributed by atoms with E-state index in [-0.39, 0.29) is 11.4 Å². The van der Waals surface area contributed by atoms with Gasteiger partial charge >= 0.3 is 5.88 Å². The topological polar surface area (TPSA) is 75.2 Å². The molecule has 0 spiro atoms. The molecule has 0 radical (unpaired) electrons. The molecule has 140 valence electrons. The number of hydrogen-bond donors (Lipinski definition) is 2.